The maximum Gasteiger partial charge on any atom is 0.292 e. The van der Waals surface area contributed by atoms with Crippen LogP contribution in [0.1, 0.15) is 35.0 Å². The molecule has 0 atom stereocenters. The fraction of sp³-hybridized carbons (Fsp3) is 0.500. The number of amides is 1. The highest BCUT2D eigenvalue weighted by Crippen LogP contribution is 2.17. The Bertz CT molecular complexity index is 653. The predicted octanol–water partition coefficient (Wildman–Crippen LogP) is 1.01. The fourth-order valence-electron chi connectivity index (χ4n) is 2.64. The van der Waals surface area contributed by atoms with E-state index in [1.807, 2.05) is 18.2 Å². The summed E-state index contributed by atoms with van der Waals surface area (Å²) in [5.41, 5.74) is 0.951. The van der Waals surface area contributed by atoms with Gasteiger partial charge in [-0.15, -0.1) is 0 Å². The third-order valence-electron chi connectivity index (χ3n) is 3.98. The summed E-state index contributed by atoms with van der Waals surface area (Å²) >= 11 is 0. The molecule has 0 saturated carbocycles. The van der Waals surface area contributed by atoms with Crippen LogP contribution in [0.5, 0.6) is 0 Å². The van der Waals surface area contributed by atoms with Crippen molar-refractivity contribution >= 4 is 5.91 Å². The highest BCUT2D eigenvalue weighted by molar-refractivity contribution is 5.89. The standard InChI is InChI=1S/C16H21N5O3/c1-17-16(22)15-19-14(24-20-15)10-21-8-5-13(6-9-21)23-11-12-4-2-3-7-18-12/h2-4,7,13H,5-6,8-11H2,1H3,(H,17,22). The van der Waals surface area contributed by atoms with E-state index in [1.54, 1.807) is 6.20 Å². The second kappa shape index (κ2) is 7.98. The minimum atomic E-state index is -0.341. The summed E-state index contributed by atoms with van der Waals surface area (Å²) in [5, 5.41) is 6.15. The zero-order chi connectivity index (χ0) is 16.8. The van der Waals surface area contributed by atoms with Crippen molar-refractivity contribution in [2.45, 2.75) is 32.1 Å². The van der Waals surface area contributed by atoms with Crippen molar-refractivity contribution < 1.29 is 14.1 Å². The van der Waals surface area contributed by atoms with Crippen LogP contribution >= 0.6 is 0 Å². The number of nitrogens with one attached hydrogen (secondary N) is 1. The minimum absolute atomic E-state index is 0.0704. The molecule has 2 aromatic heterocycles. The topological polar surface area (TPSA) is 93.4 Å². The lowest BCUT2D eigenvalue weighted by Crippen LogP contribution is -2.36. The van der Waals surface area contributed by atoms with Crippen LogP contribution in [0.4, 0.5) is 0 Å². The number of piperidine rings is 1. The fourth-order valence-corrected chi connectivity index (χ4v) is 2.64. The Morgan fingerprint density at radius 1 is 1.42 bits per heavy atom. The Hall–Kier alpha value is -2.32. The Labute approximate surface area is 140 Å². The molecule has 8 heteroatoms. The SMILES string of the molecule is CNC(=O)c1noc(CN2CCC(OCc3ccccn3)CC2)n1. The van der Waals surface area contributed by atoms with Gasteiger partial charge in [0, 0.05) is 26.3 Å². The van der Waals surface area contributed by atoms with Crippen LogP contribution < -0.4 is 5.32 Å². The van der Waals surface area contributed by atoms with Gasteiger partial charge in [-0.2, -0.15) is 4.98 Å². The van der Waals surface area contributed by atoms with Crippen LogP contribution in [0.15, 0.2) is 28.9 Å². The molecule has 3 rings (SSSR count). The number of hydrogen-bond acceptors (Lipinski definition) is 7. The molecule has 1 saturated heterocycles. The summed E-state index contributed by atoms with van der Waals surface area (Å²) in [4.78, 5) is 22.0. The van der Waals surface area contributed by atoms with E-state index in [0.717, 1.165) is 31.6 Å². The molecule has 3 heterocycles. The molecule has 1 amide bonds. The Morgan fingerprint density at radius 3 is 2.96 bits per heavy atom. The van der Waals surface area contributed by atoms with E-state index in [9.17, 15) is 4.79 Å². The van der Waals surface area contributed by atoms with Crippen molar-refractivity contribution in [3.8, 4) is 0 Å². The number of nitrogens with zero attached hydrogens (tertiary/aromatic N) is 4. The average molecular weight is 331 g/mol. The van der Waals surface area contributed by atoms with Crippen molar-refractivity contribution in [1.82, 2.24) is 25.3 Å². The lowest BCUT2D eigenvalue weighted by atomic mass is 10.1. The summed E-state index contributed by atoms with van der Waals surface area (Å²) in [5.74, 6) is 0.189. The number of likely N-dealkylation sites (tertiary alicyclic amines) is 1. The van der Waals surface area contributed by atoms with E-state index >= 15 is 0 Å². The summed E-state index contributed by atoms with van der Waals surface area (Å²) < 4.78 is 11.0. The first-order chi connectivity index (χ1) is 11.7. The molecule has 0 spiro atoms. The molecule has 0 bridgehead atoms. The van der Waals surface area contributed by atoms with Crippen LogP contribution in [-0.4, -0.2) is 52.2 Å². The first kappa shape index (κ1) is 16.5. The Morgan fingerprint density at radius 2 is 2.25 bits per heavy atom. The van der Waals surface area contributed by atoms with Gasteiger partial charge >= 0.3 is 0 Å². The normalized spacial score (nSPS) is 16.2. The van der Waals surface area contributed by atoms with Gasteiger partial charge in [-0.05, 0) is 25.0 Å². The maximum absolute atomic E-state index is 11.4. The number of pyridine rings is 1. The van der Waals surface area contributed by atoms with E-state index in [4.69, 9.17) is 9.26 Å². The van der Waals surface area contributed by atoms with Crippen LogP contribution in [0.2, 0.25) is 0 Å². The van der Waals surface area contributed by atoms with Gasteiger partial charge in [0.2, 0.25) is 5.89 Å². The molecule has 8 nitrogen and oxygen atoms in total. The zero-order valence-corrected chi connectivity index (χ0v) is 13.6. The molecule has 1 aliphatic rings. The molecule has 0 radical (unpaired) electrons. The summed E-state index contributed by atoms with van der Waals surface area (Å²) in [7, 11) is 1.54. The summed E-state index contributed by atoms with van der Waals surface area (Å²) in [6.07, 6.45) is 3.91. The lowest BCUT2D eigenvalue weighted by Gasteiger charge is -2.30. The van der Waals surface area contributed by atoms with E-state index in [2.05, 4.69) is 25.3 Å². The van der Waals surface area contributed by atoms with E-state index in [-0.39, 0.29) is 17.8 Å². The number of rotatable bonds is 6. The number of carbonyl (C=O) groups is 1. The number of hydrogen-bond donors (Lipinski definition) is 1. The molecular weight excluding hydrogens is 310 g/mol. The van der Waals surface area contributed by atoms with Crippen molar-refractivity contribution in [2.24, 2.45) is 0 Å². The number of aromatic nitrogens is 3. The highest BCUT2D eigenvalue weighted by Gasteiger charge is 2.22. The van der Waals surface area contributed by atoms with Crippen LogP contribution in [0.3, 0.4) is 0 Å². The monoisotopic (exact) mass is 331 g/mol. The largest absolute Gasteiger partial charge is 0.372 e. The molecule has 1 fully saturated rings. The average Bonchev–Trinajstić information content (AvgIpc) is 3.10. The molecule has 1 aliphatic heterocycles. The molecule has 2 aromatic rings. The van der Waals surface area contributed by atoms with Crippen molar-refractivity contribution in [2.75, 3.05) is 20.1 Å². The highest BCUT2D eigenvalue weighted by atomic mass is 16.5. The van der Waals surface area contributed by atoms with Gasteiger partial charge in [0.05, 0.1) is 24.9 Å². The van der Waals surface area contributed by atoms with Gasteiger partial charge in [0.15, 0.2) is 0 Å². The lowest BCUT2D eigenvalue weighted by molar-refractivity contribution is -0.00681. The zero-order valence-electron chi connectivity index (χ0n) is 13.6. The third kappa shape index (κ3) is 4.36. The van der Waals surface area contributed by atoms with E-state index in [1.165, 1.54) is 7.05 Å². The van der Waals surface area contributed by atoms with Crippen LogP contribution in [0, 0.1) is 0 Å². The molecule has 128 valence electrons. The molecule has 1 N–H and O–H groups in total. The molecule has 0 aromatic carbocycles. The molecule has 0 unspecified atom stereocenters. The second-order valence-electron chi connectivity index (χ2n) is 5.70. The van der Waals surface area contributed by atoms with E-state index < -0.39 is 0 Å². The first-order valence-electron chi connectivity index (χ1n) is 8.03. The van der Waals surface area contributed by atoms with Gasteiger partial charge in [-0.3, -0.25) is 14.7 Å². The van der Waals surface area contributed by atoms with Gasteiger partial charge in [-0.1, -0.05) is 11.2 Å². The van der Waals surface area contributed by atoms with Crippen molar-refractivity contribution in [3.63, 3.8) is 0 Å². The Kier molecular flexibility index (Phi) is 5.50. The second-order valence-corrected chi connectivity index (χ2v) is 5.70. The molecule has 0 aliphatic carbocycles. The third-order valence-corrected chi connectivity index (χ3v) is 3.98. The van der Waals surface area contributed by atoms with Gasteiger partial charge in [0.1, 0.15) is 0 Å². The summed E-state index contributed by atoms with van der Waals surface area (Å²) in [6, 6.07) is 5.83. The summed E-state index contributed by atoms with van der Waals surface area (Å²) in [6.45, 7) is 2.89. The predicted molar refractivity (Wildman–Crippen MR) is 85.0 cm³/mol. The van der Waals surface area contributed by atoms with Gasteiger partial charge in [-0.25, -0.2) is 0 Å². The number of ether oxygens (including phenoxy) is 1. The van der Waals surface area contributed by atoms with Crippen molar-refractivity contribution in [3.05, 3.63) is 41.8 Å². The molecular formula is C16H21N5O3. The Balaban J connectivity index is 1.42. The van der Waals surface area contributed by atoms with Crippen LogP contribution in [-0.2, 0) is 17.9 Å². The van der Waals surface area contributed by atoms with Gasteiger partial charge < -0.3 is 14.6 Å². The van der Waals surface area contributed by atoms with Crippen molar-refractivity contribution in [1.29, 1.82) is 0 Å². The maximum atomic E-state index is 11.4. The van der Waals surface area contributed by atoms with Gasteiger partial charge in [0.25, 0.3) is 11.7 Å². The molecule has 24 heavy (non-hydrogen) atoms. The first-order valence-corrected chi connectivity index (χ1v) is 8.03. The van der Waals surface area contributed by atoms with E-state index in [0.29, 0.717) is 19.0 Å². The minimum Gasteiger partial charge on any atom is -0.372 e. The van der Waals surface area contributed by atoms with Crippen LogP contribution in [0.25, 0.3) is 0 Å². The number of carbonyl (C=O) groups excluding carboxylic acids is 1. The smallest absolute Gasteiger partial charge is 0.292 e. The quantitative estimate of drug-likeness (QED) is 0.844.